The Labute approximate surface area is 143 Å². The van der Waals surface area contributed by atoms with Crippen LogP contribution in [0.2, 0.25) is 0 Å². The second-order valence-corrected chi connectivity index (χ2v) is 6.66. The normalized spacial score (nSPS) is 11.4. The molecule has 1 aromatic carbocycles. The van der Waals surface area contributed by atoms with E-state index in [4.69, 9.17) is 9.97 Å². The highest BCUT2D eigenvalue weighted by Crippen LogP contribution is 2.29. The molecule has 0 N–H and O–H groups in total. The minimum atomic E-state index is 0.977. The second-order valence-electron chi connectivity index (χ2n) is 6.18. The highest BCUT2D eigenvalue weighted by molar-refractivity contribution is 7.80. The number of aryl methyl sites for hydroxylation is 2. The van der Waals surface area contributed by atoms with Gasteiger partial charge in [-0.3, -0.25) is 9.97 Å². The molecule has 23 heavy (non-hydrogen) atoms. The molecule has 0 aliphatic carbocycles. The van der Waals surface area contributed by atoms with Gasteiger partial charge in [-0.05, 0) is 49.9 Å². The Hall–Kier alpha value is -1.61. The number of fused-ring (bicyclic) bond motifs is 3. The predicted molar refractivity (Wildman–Crippen MR) is 102 cm³/mol. The number of unbranched alkanes of at least 4 members (excludes halogenated alkanes) is 2. The molecule has 3 aromatic rings. The number of hydrogen-bond acceptors (Lipinski definition) is 3. The third-order valence-corrected chi connectivity index (χ3v) is 4.67. The zero-order valence-corrected chi connectivity index (χ0v) is 14.9. The van der Waals surface area contributed by atoms with Gasteiger partial charge in [0, 0.05) is 27.1 Å². The molecule has 0 bridgehead atoms. The van der Waals surface area contributed by atoms with Crippen molar-refractivity contribution in [3.05, 3.63) is 41.7 Å². The molecule has 0 amide bonds. The summed E-state index contributed by atoms with van der Waals surface area (Å²) >= 11 is 4.65. The van der Waals surface area contributed by atoms with E-state index in [0.717, 1.165) is 50.9 Å². The van der Waals surface area contributed by atoms with Crippen molar-refractivity contribution in [2.24, 2.45) is 0 Å². The lowest BCUT2D eigenvalue weighted by Crippen LogP contribution is -1.96. The van der Waals surface area contributed by atoms with Crippen LogP contribution in [-0.4, -0.2) is 9.97 Å². The SMILES string of the molecule is CCCCc1ccc2cc(S)c3ccc(CCCC)nc3c2n1. The molecule has 0 aliphatic rings. The molecule has 3 heteroatoms. The van der Waals surface area contributed by atoms with Crippen LogP contribution >= 0.6 is 12.6 Å². The summed E-state index contributed by atoms with van der Waals surface area (Å²) in [5.41, 5.74) is 4.33. The Morgan fingerprint density at radius 3 is 2.09 bits per heavy atom. The monoisotopic (exact) mass is 324 g/mol. The molecule has 3 rings (SSSR count). The number of hydrogen-bond donors (Lipinski definition) is 1. The number of rotatable bonds is 6. The summed E-state index contributed by atoms with van der Waals surface area (Å²) in [4.78, 5) is 10.8. The maximum Gasteiger partial charge on any atom is 0.0979 e. The standard InChI is InChI=1S/C20H24N2S/c1-3-5-7-15-10-9-14-13-18(23)17-12-11-16(8-6-4-2)22-20(17)19(14)21-15/h9-13,23H,3-8H2,1-2H3. The van der Waals surface area contributed by atoms with Gasteiger partial charge in [-0.1, -0.05) is 32.8 Å². The summed E-state index contributed by atoms with van der Waals surface area (Å²) < 4.78 is 0. The van der Waals surface area contributed by atoms with Crippen molar-refractivity contribution in [2.75, 3.05) is 0 Å². The highest BCUT2D eigenvalue weighted by atomic mass is 32.1. The van der Waals surface area contributed by atoms with E-state index in [9.17, 15) is 0 Å². The first-order valence-electron chi connectivity index (χ1n) is 8.64. The molecule has 0 fully saturated rings. The van der Waals surface area contributed by atoms with Gasteiger partial charge in [-0.25, -0.2) is 0 Å². The van der Waals surface area contributed by atoms with Crippen LogP contribution < -0.4 is 0 Å². The fraction of sp³-hybridized carbons (Fsp3) is 0.400. The first-order valence-corrected chi connectivity index (χ1v) is 9.09. The van der Waals surface area contributed by atoms with Crippen molar-refractivity contribution in [3.63, 3.8) is 0 Å². The summed E-state index contributed by atoms with van der Waals surface area (Å²) in [6, 6.07) is 10.7. The average molecular weight is 324 g/mol. The molecular formula is C20H24N2S. The van der Waals surface area contributed by atoms with Crippen LogP contribution in [0.5, 0.6) is 0 Å². The van der Waals surface area contributed by atoms with E-state index in [-0.39, 0.29) is 0 Å². The first kappa shape index (κ1) is 16.3. The third-order valence-electron chi connectivity index (χ3n) is 4.30. The molecule has 0 spiro atoms. The Morgan fingerprint density at radius 2 is 1.43 bits per heavy atom. The summed E-state index contributed by atoms with van der Waals surface area (Å²) in [5.74, 6) is 0. The molecule has 0 unspecified atom stereocenters. The van der Waals surface area contributed by atoms with Crippen molar-refractivity contribution in [2.45, 2.75) is 57.3 Å². The fourth-order valence-electron chi connectivity index (χ4n) is 2.92. The van der Waals surface area contributed by atoms with E-state index in [1.54, 1.807) is 0 Å². The number of thiol groups is 1. The van der Waals surface area contributed by atoms with Crippen LogP contribution in [0.1, 0.15) is 50.9 Å². The lowest BCUT2D eigenvalue weighted by Gasteiger charge is -2.09. The van der Waals surface area contributed by atoms with E-state index in [1.807, 2.05) is 0 Å². The zero-order valence-electron chi connectivity index (χ0n) is 14.0. The van der Waals surface area contributed by atoms with Gasteiger partial charge in [-0.2, -0.15) is 0 Å². The predicted octanol–water partition coefficient (Wildman–Crippen LogP) is 5.76. The summed E-state index contributed by atoms with van der Waals surface area (Å²) in [7, 11) is 0. The average Bonchev–Trinajstić information content (AvgIpc) is 2.58. The molecule has 2 nitrogen and oxygen atoms in total. The van der Waals surface area contributed by atoms with Gasteiger partial charge in [0.25, 0.3) is 0 Å². The van der Waals surface area contributed by atoms with Gasteiger partial charge in [0.2, 0.25) is 0 Å². The number of nitrogens with zero attached hydrogens (tertiary/aromatic N) is 2. The van der Waals surface area contributed by atoms with Gasteiger partial charge < -0.3 is 0 Å². The summed E-state index contributed by atoms with van der Waals surface area (Å²) in [6.45, 7) is 4.43. The van der Waals surface area contributed by atoms with Crippen LogP contribution in [0.25, 0.3) is 21.8 Å². The van der Waals surface area contributed by atoms with Crippen molar-refractivity contribution in [1.29, 1.82) is 0 Å². The smallest absolute Gasteiger partial charge is 0.0979 e. The Bertz CT molecular complexity index is 827. The molecular weight excluding hydrogens is 300 g/mol. The van der Waals surface area contributed by atoms with Crippen molar-refractivity contribution < 1.29 is 0 Å². The van der Waals surface area contributed by atoms with Gasteiger partial charge in [0.15, 0.2) is 0 Å². The molecule has 0 saturated heterocycles. The lowest BCUT2D eigenvalue weighted by molar-refractivity contribution is 0.778. The van der Waals surface area contributed by atoms with E-state index in [2.05, 4.69) is 56.8 Å². The van der Waals surface area contributed by atoms with Crippen molar-refractivity contribution in [1.82, 2.24) is 9.97 Å². The van der Waals surface area contributed by atoms with Crippen LogP contribution in [0.4, 0.5) is 0 Å². The Kier molecular flexibility index (Phi) is 5.16. The van der Waals surface area contributed by atoms with Gasteiger partial charge >= 0.3 is 0 Å². The molecule has 0 aliphatic heterocycles. The van der Waals surface area contributed by atoms with E-state index >= 15 is 0 Å². The summed E-state index contributed by atoms with van der Waals surface area (Å²) in [5, 5.41) is 2.23. The minimum absolute atomic E-state index is 0.977. The lowest BCUT2D eigenvalue weighted by atomic mass is 10.1. The maximum atomic E-state index is 4.91. The van der Waals surface area contributed by atoms with E-state index in [0.29, 0.717) is 0 Å². The van der Waals surface area contributed by atoms with Crippen molar-refractivity contribution >= 4 is 34.4 Å². The first-order chi connectivity index (χ1) is 11.2. The van der Waals surface area contributed by atoms with Crippen LogP contribution in [0, 0.1) is 0 Å². The molecule has 2 aromatic heterocycles. The van der Waals surface area contributed by atoms with Gasteiger partial charge in [0.1, 0.15) is 0 Å². The largest absolute Gasteiger partial charge is 0.251 e. The van der Waals surface area contributed by atoms with Crippen LogP contribution in [0.3, 0.4) is 0 Å². The van der Waals surface area contributed by atoms with Crippen LogP contribution in [0.15, 0.2) is 35.2 Å². The van der Waals surface area contributed by atoms with Crippen molar-refractivity contribution in [3.8, 4) is 0 Å². The zero-order chi connectivity index (χ0) is 16.2. The molecule has 0 saturated carbocycles. The quantitative estimate of drug-likeness (QED) is 0.461. The number of benzene rings is 1. The Balaban J connectivity index is 2.15. The van der Waals surface area contributed by atoms with Crippen LogP contribution in [-0.2, 0) is 12.8 Å². The molecule has 0 atom stereocenters. The fourth-order valence-corrected chi connectivity index (χ4v) is 3.24. The topological polar surface area (TPSA) is 25.8 Å². The number of pyridine rings is 2. The molecule has 120 valence electrons. The Morgan fingerprint density at radius 1 is 0.826 bits per heavy atom. The van der Waals surface area contributed by atoms with E-state index < -0.39 is 0 Å². The van der Waals surface area contributed by atoms with Gasteiger partial charge in [0.05, 0.1) is 11.0 Å². The second kappa shape index (κ2) is 7.31. The minimum Gasteiger partial charge on any atom is -0.251 e. The molecule has 0 radical (unpaired) electrons. The maximum absolute atomic E-state index is 4.91. The number of aromatic nitrogens is 2. The summed E-state index contributed by atoms with van der Waals surface area (Å²) in [6.07, 6.45) is 6.79. The third kappa shape index (κ3) is 3.50. The highest BCUT2D eigenvalue weighted by Gasteiger charge is 2.09. The van der Waals surface area contributed by atoms with Gasteiger partial charge in [-0.15, -0.1) is 12.6 Å². The van der Waals surface area contributed by atoms with E-state index in [1.165, 1.54) is 25.7 Å². The molecule has 2 heterocycles.